The largest absolute Gasteiger partial charge is 0.492 e. The molecular weight excluding hydrogens is 502 g/mol. The molecule has 2 fully saturated rings. The van der Waals surface area contributed by atoms with E-state index in [1.54, 1.807) is 54.6 Å². The van der Waals surface area contributed by atoms with E-state index in [4.69, 9.17) is 4.74 Å². The summed E-state index contributed by atoms with van der Waals surface area (Å²) in [6, 6.07) is 14.6. The van der Waals surface area contributed by atoms with Crippen LogP contribution in [0.15, 0.2) is 64.4 Å². The van der Waals surface area contributed by atoms with Crippen molar-refractivity contribution in [1.82, 2.24) is 13.9 Å². The van der Waals surface area contributed by atoms with Crippen LogP contribution < -0.4 is 10.1 Å². The van der Waals surface area contributed by atoms with E-state index in [0.717, 1.165) is 19.3 Å². The molecule has 2 aromatic carbocycles. The normalized spacial score (nSPS) is 20.1. The number of nitrogens with one attached hydrogen (secondary N) is 1. The van der Waals surface area contributed by atoms with Gasteiger partial charge in [0.2, 0.25) is 26.0 Å². The molecule has 2 saturated heterocycles. The quantitative estimate of drug-likeness (QED) is 0.494. The first-order valence-electron chi connectivity index (χ1n) is 12.3. The predicted molar refractivity (Wildman–Crippen MR) is 135 cm³/mol. The number of amides is 1. The van der Waals surface area contributed by atoms with Gasteiger partial charge in [-0.15, -0.1) is 0 Å². The number of benzene rings is 2. The topological polar surface area (TPSA) is 113 Å². The molecule has 2 aromatic rings. The number of carbonyl (C=O) groups is 1. The van der Waals surface area contributed by atoms with Crippen LogP contribution in [0.4, 0.5) is 0 Å². The van der Waals surface area contributed by atoms with Crippen molar-refractivity contribution in [2.75, 3.05) is 39.3 Å². The van der Waals surface area contributed by atoms with Crippen LogP contribution in [-0.4, -0.2) is 70.7 Å². The highest BCUT2D eigenvalue weighted by Crippen LogP contribution is 2.24. The van der Waals surface area contributed by atoms with Crippen molar-refractivity contribution in [3.63, 3.8) is 0 Å². The van der Waals surface area contributed by atoms with E-state index < -0.39 is 26.0 Å². The third-order valence-electron chi connectivity index (χ3n) is 6.58. The highest BCUT2D eigenvalue weighted by Gasteiger charge is 2.33. The van der Waals surface area contributed by atoms with Gasteiger partial charge in [0.1, 0.15) is 12.4 Å². The number of hydrogen-bond acceptors (Lipinski definition) is 6. The van der Waals surface area contributed by atoms with Crippen LogP contribution >= 0.6 is 0 Å². The predicted octanol–water partition coefficient (Wildman–Crippen LogP) is 2.46. The first kappa shape index (κ1) is 26.6. The molecule has 1 atom stereocenters. The van der Waals surface area contributed by atoms with Gasteiger partial charge >= 0.3 is 0 Å². The first-order valence-corrected chi connectivity index (χ1v) is 15.2. The molecule has 0 aromatic heterocycles. The molecule has 11 heteroatoms. The smallest absolute Gasteiger partial charge is 0.243 e. The fourth-order valence-corrected chi connectivity index (χ4v) is 7.63. The average Bonchev–Trinajstić information content (AvgIpc) is 2.92. The zero-order valence-corrected chi connectivity index (χ0v) is 21.8. The molecule has 1 N–H and O–H groups in total. The fraction of sp³-hybridized carbons (Fsp3) is 0.480. The Labute approximate surface area is 213 Å². The Bertz CT molecular complexity index is 1230. The summed E-state index contributed by atoms with van der Waals surface area (Å²) in [5, 5.41) is 2.83. The van der Waals surface area contributed by atoms with Crippen LogP contribution in [0.2, 0.25) is 0 Å². The molecule has 1 unspecified atom stereocenters. The number of piperidine rings is 2. The molecule has 36 heavy (non-hydrogen) atoms. The lowest BCUT2D eigenvalue weighted by molar-refractivity contribution is -0.126. The number of nitrogens with zero attached hydrogens (tertiary/aromatic N) is 2. The Morgan fingerprint density at radius 1 is 0.806 bits per heavy atom. The lowest BCUT2D eigenvalue weighted by atomic mass is 9.99. The van der Waals surface area contributed by atoms with E-state index in [2.05, 4.69) is 5.32 Å². The van der Waals surface area contributed by atoms with E-state index in [1.165, 1.54) is 8.61 Å². The second kappa shape index (κ2) is 11.7. The van der Waals surface area contributed by atoms with Crippen LogP contribution in [0, 0.1) is 5.92 Å². The Balaban J connectivity index is 1.24. The monoisotopic (exact) mass is 535 g/mol. The van der Waals surface area contributed by atoms with Crippen molar-refractivity contribution in [2.45, 2.75) is 41.9 Å². The van der Waals surface area contributed by atoms with Gasteiger partial charge in [-0.25, -0.2) is 16.8 Å². The van der Waals surface area contributed by atoms with Gasteiger partial charge in [-0.1, -0.05) is 24.6 Å². The van der Waals surface area contributed by atoms with Gasteiger partial charge in [-0.3, -0.25) is 4.79 Å². The van der Waals surface area contributed by atoms with Crippen LogP contribution in [0.5, 0.6) is 5.75 Å². The molecule has 196 valence electrons. The summed E-state index contributed by atoms with van der Waals surface area (Å²) >= 11 is 0. The number of ether oxygens (including phenoxy) is 1. The van der Waals surface area contributed by atoms with Gasteiger partial charge in [-0.05, 0) is 62.1 Å². The van der Waals surface area contributed by atoms with Crippen LogP contribution in [-0.2, 0) is 24.8 Å². The number of hydrogen-bond donors (Lipinski definition) is 1. The van der Waals surface area contributed by atoms with Gasteiger partial charge in [0.05, 0.1) is 22.3 Å². The molecule has 0 aliphatic carbocycles. The zero-order chi connectivity index (χ0) is 25.6. The van der Waals surface area contributed by atoms with E-state index in [-0.39, 0.29) is 35.4 Å². The highest BCUT2D eigenvalue weighted by molar-refractivity contribution is 7.89. The Morgan fingerprint density at radius 3 is 2.11 bits per heavy atom. The second-order valence-corrected chi connectivity index (χ2v) is 13.0. The maximum atomic E-state index is 12.9. The minimum atomic E-state index is -3.63. The van der Waals surface area contributed by atoms with Gasteiger partial charge in [0.15, 0.2) is 0 Å². The molecule has 2 aliphatic rings. The van der Waals surface area contributed by atoms with Crippen LogP contribution in [0.3, 0.4) is 0 Å². The van der Waals surface area contributed by atoms with Crippen molar-refractivity contribution < 1.29 is 26.4 Å². The summed E-state index contributed by atoms with van der Waals surface area (Å²) in [4.78, 5) is 13.1. The molecular formula is C25H33N3O6S2. The number of sulfonamides is 2. The molecule has 0 radical (unpaired) electrons. The summed E-state index contributed by atoms with van der Waals surface area (Å²) in [5.74, 6) is -0.106. The van der Waals surface area contributed by atoms with Crippen molar-refractivity contribution in [3.8, 4) is 5.75 Å². The summed E-state index contributed by atoms with van der Waals surface area (Å²) in [7, 11) is -7.11. The van der Waals surface area contributed by atoms with E-state index in [9.17, 15) is 21.6 Å². The SMILES string of the molecule is O=C(NCCOc1ccc(S(=O)(=O)N2CCCCC2)cc1)C1CCCN(S(=O)(=O)c2ccccc2)C1. The molecule has 0 bridgehead atoms. The van der Waals surface area contributed by atoms with Gasteiger partial charge in [0, 0.05) is 26.2 Å². The number of carbonyl (C=O) groups excluding carboxylic acids is 1. The van der Waals surface area contributed by atoms with Gasteiger partial charge in [-0.2, -0.15) is 8.61 Å². The second-order valence-electron chi connectivity index (χ2n) is 9.09. The average molecular weight is 536 g/mol. The van der Waals surface area contributed by atoms with Gasteiger partial charge in [0.25, 0.3) is 0 Å². The molecule has 0 spiro atoms. The molecule has 2 aliphatic heterocycles. The molecule has 4 rings (SSSR count). The third-order valence-corrected chi connectivity index (χ3v) is 10.4. The van der Waals surface area contributed by atoms with Crippen molar-refractivity contribution in [1.29, 1.82) is 0 Å². The van der Waals surface area contributed by atoms with E-state index in [1.807, 2.05) is 0 Å². The standard InChI is InChI=1S/C25H33N3O6S2/c29-25(21-8-7-18-28(20-21)36(32,33)23-9-3-1-4-10-23)26-15-19-34-22-11-13-24(14-12-22)35(30,31)27-16-5-2-6-17-27/h1,3-4,9-14,21H,2,5-8,15-20H2,(H,26,29). The van der Waals surface area contributed by atoms with E-state index in [0.29, 0.717) is 38.2 Å². The molecule has 2 heterocycles. The molecule has 1 amide bonds. The lowest BCUT2D eigenvalue weighted by Gasteiger charge is -2.31. The van der Waals surface area contributed by atoms with Crippen molar-refractivity contribution in [2.24, 2.45) is 5.92 Å². The lowest BCUT2D eigenvalue weighted by Crippen LogP contribution is -2.45. The van der Waals surface area contributed by atoms with Crippen molar-refractivity contribution in [3.05, 3.63) is 54.6 Å². The van der Waals surface area contributed by atoms with E-state index >= 15 is 0 Å². The van der Waals surface area contributed by atoms with Crippen LogP contribution in [0.1, 0.15) is 32.1 Å². The molecule has 9 nitrogen and oxygen atoms in total. The van der Waals surface area contributed by atoms with Crippen molar-refractivity contribution >= 4 is 26.0 Å². The Hall–Kier alpha value is -2.47. The third kappa shape index (κ3) is 6.26. The number of rotatable bonds is 9. The summed E-state index contributed by atoms with van der Waals surface area (Å²) in [6.45, 7) is 2.12. The minimum Gasteiger partial charge on any atom is -0.492 e. The summed E-state index contributed by atoms with van der Waals surface area (Å²) in [5.41, 5.74) is 0. The maximum absolute atomic E-state index is 12.9. The molecule has 0 saturated carbocycles. The summed E-state index contributed by atoms with van der Waals surface area (Å²) < 4.78 is 59.8. The van der Waals surface area contributed by atoms with Crippen LogP contribution in [0.25, 0.3) is 0 Å². The Morgan fingerprint density at radius 2 is 1.42 bits per heavy atom. The summed E-state index contributed by atoms with van der Waals surface area (Å²) in [6.07, 6.45) is 4.07. The van der Waals surface area contributed by atoms with Gasteiger partial charge < -0.3 is 10.1 Å². The maximum Gasteiger partial charge on any atom is 0.243 e. The first-order chi connectivity index (χ1) is 17.3. The zero-order valence-electron chi connectivity index (χ0n) is 20.2. The Kier molecular flexibility index (Phi) is 8.66. The fourth-order valence-electron chi connectivity index (χ4n) is 4.57. The minimum absolute atomic E-state index is 0.150. The highest BCUT2D eigenvalue weighted by atomic mass is 32.2.